The molecule has 2 aliphatic rings. The molecule has 0 saturated carbocycles. The first-order valence-electron chi connectivity index (χ1n) is 8.07. The lowest BCUT2D eigenvalue weighted by Crippen LogP contribution is -2.03. The predicted molar refractivity (Wildman–Crippen MR) is 102 cm³/mol. The second-order valence-electron chi connectivity index (χ2n) is 6.04. The molecule has 6 nitrogen and oxygen atoms in total. The number of rotatable bonds is 3. The van der Waals surface area contributed by atoms with Crippen molar-refractivity contribution in [2.75, 3.05) is 0 Å². The van der Waals surface area contributed by atoms with E-state index in [9.17, 15) is 19.9 Å². The van der Waals surface area contributed by atoms with Crippen molar-refractivity contribution in [1.82, 2.24) is 0 Å². The van der Waals surface area contributed by atoms with Gasteiger partial charge in [-0.15, -0.1) is 0 Å². The molecular formula is C21H13NO5. The van der Waals surface area contributed by atoms with Crippen LogP contribution in [0.4, 0.5) is 5.69 Å². The molecule has 0 radical (unpaired) electrons. The molecule has 132 valence electrons. The highest BCUT2D eigenvalue weighted by Gasteiger charge is 2.21. The minimum atomic E-state index is -1.06. The van der Waals surface area contributed by atoms with Crippen LogP contribution in [0.5, 0.6) is 0 Å². The predicted octanol–water partition coefficient (Wildman–Crippen LogP) is 4.11. The Morgan fingerprint density at radius 1 is 1.04 bits per heavy atom. The van der Waals surface area contributed by atoms with Crippen molar-refractivity contribution < 1.29 is 19.1 Å². The molecule has 1 heterocycles. The number of carboxylic acid groups (broad SMARTS) is 1. The fraction of sp³-hybridized carbons (Fsp3) is 0. The van der Waals surface area contributed by atoms with E-state index in [2.05, 4.69) is 6.72 Å². The Balaban J connectivity index is 2.19. The topological polar surface area (TPSA) is 93.6 Å². The van der Waals surface area contributed by atoms with Gasteiger partial charge in [0.25, 0.3) is 0 Å². The van der Waals surface area contributed by atoms with Crippen molar-refractivity contribution in [3.63, 3.8) is 0 Å². The van der Waals surface area contributed by atoms with Gasteiger partial charge in [-0.25, -0.2) is 4.79 Å². The van der Waals surface area contributed by atoms with Crippen LogP contribution in [0, 0.1) is 5.21 Å². The van der Waals surface area contributed by atoms with Gasteiger partial charge in [0, 0.05) is 28.6 Å². The number of hydrogen-bond acceptors (Lipinski definition) is 4. The fourth-order valence-corrected chi connectivity index (χ4v) is 3.19. The van der Waals surface area contributed by atoms with Crippen molar-refractivity contribution in [3.05, 3.63) is 81.7 Å². The number of fused-ring (bicyclic) bond motifs is 2. The highest BCUT2D eigenvalue weighted by atomic mass is 16.5. The molecule has 1 aliphatic heterocycles. The van der Waals surface area contributed by atoms with Gasteiger partial charge < -0.3 is 14.7 Å². The van der Waals surface area contributed by atoms with Crippen LogP contribution in [0.15, 0.2) is 69.9 Å². The fourth-order valence-electron chi connectivity index (χ4n) is 3.19. The van der Waals surface area contributed by atoms with E-state index in [1.165, 1.54) is 24.3 Å². The summed E-state index contributed by atoms with van der Waals surface area (Å²) >= 11 is 0. The van der Waals surface area contributed by atoms with Gasteiger partial charge >= 0.3 is 5.97 Å². The molecule has 4 rings (SSSR count). The maximum atomic E-state index is 11.8. The Morgan fingerprint density at radius 3 is 2.56 bits per heavy atom. The average molecular weight is 359 g/mol. The number of hydrogen-bond donors (Lipinski definition) is 1. The zero-order valence-corrected chi connectivity index (χ0v) is 14.0. The minimum Gasteiger partial charge on any atom is -0.619 e. The molecule has 0 aromatic heterocycles. The van der Waals surface area contributed by atoms with E-state index in [0.717, 1.165) is 0 Å². The van der Waals surface area contributed by atoms with E-state index in [0.29, 0.717) is 38.2 Å². The molecular weight excluding hydrogens is 346 g/mol. The molecule has 0 saturated heterocycles. The van der Waals surface area contributed by atoms with Crippen LogP contribution in [-0.4, -0.2) is 22.5 Å². The zero-order valence-electron chi connectivity index (χ0n) is 14.0. The summed E-state index contributed by atoms with van der Waals surface area (Å²) in [6.45, 7) is 3.32. The Morgan fingerprint density at radius 2 is 1.81 bits per heavy atom. The lowest BCUT2D eigenvalue weighted by molar-refractivity contribution is -0.349. The normalized spacial score (nSPS) is 11.0. The summed E-state index contributed by atoms with van der Waals surface area (Å²) < 4.78 is 6.29. The highest BCUT2D eigenvalue weighted by molar-refractivity contribution is 6.07. The van der Waals surface area contributed by atoms with Crippen molar-refractivity contribution >= 4 is 29.3 Å². The Hall–Kier alpha value is -3.93. The molecule has 0 spiro atoms. The minimum absolute atomic E-state index is 0.129. The quantitative estimate of drug-likeness (QED) is 0.195. The summed E-state index contributed by atoms with van der Waals surface area (Å²) in [6.07, 6.45) is 0. The molecule has 1 aliphatic carbocycles. The zero-order chi connectivity index (χ0) is 19.1. The summed E-state index contributed by atoms with van der Waals surface area (Å²) in [5.74, 6) is -0.753. The lowest BCUT2D eigenvalue weighted by atomic mass is 9.91. The summed E-state index contributed by atoms with van der Waals surface area (Å²) in [6, 6.07) is 15.8. The van der Waals surface area contributed by atoms with Crippen molar-refractivity contribution in [1.29, 1.82) is 0 Å². The van der Waals surface area contributed by atoms with Gasteiger partial charge in [0.2, 0.25) is 5.69 Å². The second kappa shape index (κ2) is 6.10. The summed E-state index contributed by atoms with van der Waals surface area (Å²) in [5, 5.41) is 21.8. The van der Waals surface area contributed by atoms with Crippen LogP contribution < -0.4 is 5.43 Å². The van der Waals surface area contributed by atoms with Gasteiger partial charge in [-0.1, -0.05) is 18.2 Å². The molecule has 0 atom stereocenters. The van der Waals surface area contributed by atoms with Crippen LogP contribution in [0.1, 0.15) is 10.4 Å². The number of aromatic carboxylic acids is 1. The van der Waals surface area contributed by atoms with E-state index in [1.54, 1.807) is 36.4 Å². The number of carbonyl (C=O) groups is 1. The SMILES string of the molecule is C=[N+]([O-])c1ccc2c(-c3ccccc3C(=O)O)c3ccc(=O)cc-3oc2c1. The van der Waals surface area contributed by atoms with Gasteiger partial charge in [0.1, 0.15) is 18.1 Å². The number of benzene rings is 3. The molecule has 1 N–H and O–H groups in total. The monoisotopic (exact) mass is 359 g/mol. The van der Waals surface area contributed by atoms with Gasteiger partial charge in [0.15, 0.2) is 5.43 Å². The smallest absolute Gasteiger partial charge is 0.336 e. The van der Waals surface area contributed by atoms with Crippen molar-refractivity contribution in [2.24, 2.45) is 0 Å². The lowest BCUT2D eigenvalue weighted by Gasteiger charge is -2.16. The van der Waals surface area contributed by atoms with Crippen LogP contribution in [0.3, 0.4) is 0 Å². The molecule has 0 fully saturated rings. The van der Waals surface area contributed by atoms with E-state index in [-0.39, 0.29) is 16.7 Å². The van der Waals surface area contributed by atoms with Gasteiger partial charge in [0.05, 0.1) is 11.6 Å². The Kier molecular flexibility index (Phi) is 3.74. The first-order chi connectivity index (χ1) is 13.0. The maximum absolute atomic E-state index is 11.8. The third-order valence-corrected chi connectivity index (χ3v) is 4.39. The molecule has 0 amide bonds. The maximum Gasteiger partial charge on any atom is 0.336 e. The summed E-state index contributed by atoms with van der Waals surface area (Å²) in [5.41, 5.74) is 2.25. The van der Waals surface area contributed by atoms with Crippen molar-refractivity contribution in [2.45, 2.75) is 0 Å². The van der Waals surface area contributed by atoms with E-state index >= 15 is 0 Å². The number of carboxylic acids is 1. The van der Waals surface area contributed by atoms with Crippen molar-refractivity contribution in [3.8, 4) is 22.5 Å². The van der Waals surface area contributed by atoms with Crippen LogP contribution in [0.2, 0.25) is 0 Å². The van der Waals surface area contributed by atoms with Gasteiger partial charge in [-0.3, -0.25) is 4.79 Å². The van der Waals surface area contributed by atoms with E-state index in [4.69, 9.17) is 4.42 Å². The summed E-state index contributed by atoms with van der Waals surface area (Å²) in [4.78, 5) is 23.5. The summed E-state index contributed by atoms with van der Waals surface area (Å²) in [7, 11) is 0. The standard InChI is InChI=1S/C21H13NO5/c1-22(26)12-6-8-16-18(10-12)27-19-11-13(23)7-9-17(19)20(16)14-4-2-3-5-15(14)21(24)25/h2-11H,1H2,(H,24,25). The molecule has 6 heteroatoms. The first-order valence-corrected chi connectivity index (χ1v) is 8.07. The van der Waals surface area contributed by atoms with E-state index < -0.39 is 5.97 Å². The molecule has 2 aromatic carbocycles. The van der Waals surface area contributed by atoms with Crippen LogP contribution >= 0.6 is 0 Å². The van der Waals surface area contributed by atoms with E-state index in [1.807, 2.05) is 0 Å². The van der Waals surface area contributed by atoms with Gasteiger partial charge in [-0.05, 0) is 29.8 Å². The molecule has 2 aromatic rings. The Labute approximate surface area is 153 Å². The average Bonchev–Trinajstić information content (AvgIpc) is 2.65. The second-order valence-corrected chi connectivity index (χ2v) is 6.04. The molecule has 27 heavy (non-hydrogen) atoms. The van der Waals surface area contributed by atoms with Crippen LogP contribution in [-0.2, 0) is 0 Å². The largest absolute Gasteiger partial charge is 0.619 e. The molecule has 0 unspecified atom stereocenters. The highest BCUT2D eigenvalue weighted by Crippen LogP contribution is 2.41. The van der Waals surface area contributed by atoms with Gasteiger partial charge in [-0.2, -0.15) is 4.74 Å². The Bertz CT molecular complexity index is 1260. The molecule has 0 bridgehead atoms. The van der Waals surface area contributed by atoms with Crippen LogP contribution in [0.25, 0.3) is 33.4 Å². The number of nitrogens with zero attached hydrogens (tertiary/aromatic N) is 1. The third kappa shape index (κ3) is 2.73. The first kappa shape index (κ1) is 16.5. The third-order valence-electron chi connectivity index (χ3n) is 4.39.